The molecule has 0 nitrogen and oxygen atoms in total. The molecule has 2 fully saturated rings. The molecule has 0 saturated heterocycles. The van der Waals surface area contributed by atoms with Crippen molar-refractivity contribution in [2.24, 2.45) is 10.8 Å². The molecule has 0 spiro atoms. The van der Waals surface area contributed by atoms with Gasteiger partial charge in [0.05, 0.1) is 0 Å². The van der Waals surface area contributed by atoms with Crippen LogP contribution < -0.4 is 24.8 Å². The summed E-state index contributed by atoms with van der Waals surface area (Å²) in [4.78, 5) is 0. The Morgan fingerprint density at radius 3 is 1.16 bits per heavy atom. The number of fused-ring (bicyclic) bond motifs is 4. The summed E-state index contributed by atoms with van der Waals surface area (Å²) in [6.07, 6.45) is 27.8. The fourth-order valence-corrected chi connectivity index (χ4v) is 12.3. The van der Waals surface area contributed by atoms with Crippen molar-refractivity contribution in [1.82, 2.24) is 0 Å². The van der Waals surface area contributed by atoms with E-state index in [1.165, 1.54) is 194 Å². The zero-order valence-corrected chi connectivity index (χ0v) is 46.7. The minimum Gasteiger partial charge on any atom is -1.00 e. The first-order chi connectivity index (χ1) is 32.3. The van der Waals surface area contributed by atoms with Gasteiger partial charge in [0.2, 0.25) is 0 Å². The zero-order valence-electron chi connectivity index (χ0n) is 41.8. The summed E-state index contributed by atoms with van der Waals surface area (Å²) in [7, 11) is 0. The molecule has 8 aromatic carbocycles. The van der Waals surface area contributed by atoms with Crippen molar-refractivity contribution in [3.63, 3.8) is 0 Å². The van der Waals surface area contributed by atoms with Crippen LogP contribution >= 0.6 is 0 Å². The van der Waals surface area contributed by atoms with E-state index in [4.69, 9.17) is 0 Å². The van der Waals surface area contributed by atoms with Crippen LogP contribution in [0.2, 0.25) is 13.1 Å². The molecule has 0 amide bonds. The average Bonchev–Trinajstić information content (AvgIpc) is 3.92. The van der Waals surface area contributed by atoms with Crippen molar-refractivity contribution in [2.75, 3.05) is 0 Å². The van der Waals surface area contributed by atoms with Crippen LogP contribution in [0.15, 0.2) is 146 Å². The van der Waals surface area contributed by atoms with E-state index in [2.05, 4.69) is 173 Å². The summed E-state index contributed by atoms with van der Waals surface area (Å²) in [5.41, 5.74) is 9.75. The Bertz CT molecular complexity index is 2620. The van der Waals surface area contributed by atoms with E-state index in [-0.39, 0.29) is 30.2 Å². The zero-order chi connectivity index (χ0) is 45.8. The molecule has 0 heterocycles. The first kappa shape index (κ1) is 54.1. The quantitative estimate of drug-likeness (QED) is 0.0946. The van der Waals surface area contributed by atoms with Crippen LogP contribution in [0.4, 0.5) is 0 Å². The van der Waals surface area contributed by atoms with Crippen molar-refractivity contribution >= 4 is 48.5 Å². The second kappa shape index (κ2) is 26.3. The molecule has 10 rings (SSSR count). The van der Waals surface area contributed by atoms with Crippen molar-refractivity contribution in [3.8, 4) is 22.3 Å². The van der Waals surface area contributed by atoms with Gasteiger partial charge in [-0.25, -0.2) is 0 Å². The molecule has 0 radical (unpaired) electrons. The summed E-state index contributed by atoms with van der Waals surface area (Å²) >= 11 is 1.74. The molecule has 68 heavy (non-hydrogen) atoms. The van der Waals surface area contributed by atoms with E-state index in [0.717, 1.165) is 0 Å². The Labute approximate surface area is 438 Å². The van der Waals surface area contributed by atoms with Crippen LogP contribution in [-0.2, 0) is 36.2 Å². The maximum absolute atomic E-state index is 2.51. The van der Waals surface area contributed by atoms with Crippen LogP contribution in [0.3, 0.4) is 0 Å². The van der Waals surface area contributed by atoms with Gasteiger partial charge >= 0.3 is 41.9 Å². The average molecular weight is 1040 g/mol. The van der Waals surface area contributed by atoms with Crippen LogP contribution in [-0.4, -0.2) is 5.43 Å². The largest absolute Gasteiger partial charge is 1.00 e. The van der Waals surface area contributed by atoms with Crippen LogP contribution in [0, 0.1) is 10.8 Å². The summed E-state index contributed by atoms with van der Waals surface area (Å²) in [6.45, 7) is 9.37. The van der Waals surface area contributed by atoms with Gasteiger partial charge in [0.25, 0.3) is 0 Å². The number of halogens is 2. The van der Waals surface area contributed by atoms with E-state index >= 15 is 0 Å². The monoisotopic (exact) mass is 1030 g/mol. The molecule has 2 aliphatic carbocycles. The van der Waals surface area contributed by atoms with Gasteiger partial charge in [-0.1, -0.05) is 187 Å². The first-order valence-corrected chi connectivity index (χ1v) is 32.3. The Kier molecular flexibility index (Phi) is 20.9. The van der Waals surface area contributed by atoms with Crippen LogP contribution in [0.1, 0.15) is 141 Å². The van der Waals surface area contributed by atoms with Crippen molar-refractivity contribution in [1.29, 1.82) is 0 Å². The van der Waals surface area contributed by atoms with Gasteiger partial charge in [-0.3, -0.25) is 0 Å². The van der Waals surface area contributed by atoms with E-state index in [1.54, 1.807) is 34.5 Å². The van der Waals surface area contributed by atoms with E-state index < -0.39 is 0 Å². The summed E-state index contributed by atoms with van der Waals surface area (Å²) < 4.78 is 0. The van der Waals surface area contributed by atoms with Crippen molar-refractivity contribution in [3.05, 3.63) is 157 Å². The minimum atomic E-state index is 0. The number of hydrogen-bond acceptors (Lipinski definition) is 0. The van der Waals surface area contributed by atoms with Gasteiger partial charge in [0, 0.05) is 0 Å². The van der Waals surface area contributed by atoms with Crippen molar-refractivity contribution in [2.45, 2.75) is 155 Å². The molecule has 8 aromatic rings. The third-order valence-electron chi connectivity index (χ3n) is 15.3. The molecule has 2 saturated carbocycles. The van der Waals surface area contributed by atoms with E-state index in [0.29, 0.717) is 10.8 Å². The molecule has 0 atom stereocenters. The van der Waals surface area contributed by atoms with Gasteiger partial charge in [0.15, 0.2) is 0 Å². The molecule has 0 bridgehead atoms. The van der Waals surface area contributed by atoms with E-state index in [1.807, 2.05) is 0 Å². The number of benzene rings is 6. The smallest absolute Gasteiger partial charge is 1.00 e. The molecule has 0 unspecified atom stereocenters. The van der Waals surface area contributed by atoms with Gasteiger partial charge in [-0.05, 0) is 107 Å². The molecule has 356 valence electrons. The number of hydrogen-bond donors (Lipinski definition) is 0. The Balaban J connectivity index is 0.000000202. The second-order valence-electron chi connectivity index (χ2n) is 20.9. The standard InChI is InChI=1S/2C31H35.C2H6Si.2ClH.Zr/c2*1-2-17-31(18-8-4-3-5-9-19-31)23-24-20-27-13-10-14-29(30(27)21-24)28-16-15-25-11-6-7-12-26(25)22-28;1-3-2;;;/h2*6-7,10-16,20-22H,2-5,8-9,17-19,23H2,1H3;1-2H3;2*1H;/q2*-1;;;;+2/p-2. The second-order valence-corrected chi connectivity index (χ2v) is 30.2. The Hall–Kier alpha value is -3.26. The third kappa shape index (κ3) is 14.0. The molecule has 4 heteroatoms. The number of rotatable bonds is 10. The van der Waals surface area contributed by atoms with Crippen molar-refractivity contribution < 1.29 is 48.1 Å². The van der Waals surface area contributed by atoms with E-state index in [9.17, 15) is 0 Å². The topological polar surface area (TPSA) is 0 Å². The molecular weight excluding hydrogens is 959 g/mol. The third-order valence-corrected chi connectivity index (χ3v) is 15.3. The van der Waals surface area contributed by atoms with Gasteiger partial charge in [-0.2, -0.15) is 12.1 Å². The van der Waals surface area contributed by atoms with Crippen LogP contribution in [0.25, 0.3) is 65.3 Å². The summed E-state index contributed by atoms with van der Waals surface area (Å²) in [5.74, 6) is 0. The Morgan fingerprint density at radius 1 is 0.441 bits per heavy atom. The molecule has 2 aliphatic rings. The SMILES string of the molecule is CCCC1(Cc2cc3c(-c4ccc5ccccc5c4)cccc3[cH-]2)CCCCCCC1.CCCC1(Cc2cc3c(-c4ccc5ccccc5c4)cccc3[cH-]2)CCCCCCC1.C[Si](C)=[Zr+2].[Cl-].[Cl-]. The Morgan fingerprint density at radius 2 is 0.794 bits per heavy atom. The normalized spacial score (nSPS) is 15.9. The first-order valence-electron chi connectivity index (χ1n) is 26.1. The molecule has 0 N–H and O–H groups in total. The predicted molar refractivity (Wildman–Crippen MR) is 289 cm³/mol. The summed E-state index contributed by atoms with van der Waals surface area (Å²) in [5, 5.41) is 10.9. The van der Waals surface area contributed by atoms with Gasteiger partial charge in [-0.15, -0.1) is 69.1 Å². The van der Waals surface area contributed by atoms with Crippen LogP contribution in [0.5, 0.6) is 0 Å². The fraction of sp³-hybridized carbons (Fsp3) is 0.406. The minimum absolute atomic E-state index is 0. The maximum Gasteiger partial charge on any atom is -1.00 e. The molecule has 0 aliphatic heterocycles. The maximum atomic E-state index is 2.51. The van der Waals surface area contributed by atoms with Gasteiger partial charge in [0.1, 0.15) is 0 Å². The molecule has 0 aromatic heterocycles. The predicted octanol–water partition coefficient (Wildman–Crippen LogP) is 13.7. The van der Waals surface area contributed by atoms with Gasteiger partial charge < -0.3 is 24.8 Å². The fourth-order valence-electron chi connectivity index (χ4n) is 12.3. The molecular formula is C64H76Cl2SiZr-2. The summed E-state index contributed by atoms with van der Waals surface area (Å²) in [6, 6.07) is 54.8.